The number of rotatable bonds is 3. The van der Waals surface area contributed by atoms with E-state index in [1.165, 1.54) is 0 Å². The van der Waals surface area contributed by atoms with Gasteiger partial charge in [0.15, 0.2) is 0 Å². The van der Waals surface area contributed by atoms with Gasteiger partial charge in [-0.15, -0.1) is 0 Å². The van der Waals surface area contributed by atoms with Crippen LogP contribution < -0.4 is 0 Å². The quantitative estimate of drug-likeness (QED) is 0.777. The van der Waals surface area contributed by atoms with Gasteiger partial charge in [0.2, 0.25) is 0 Å². The molecule has 0 aromatic rings. The second-order valence-electron chi connectivity index (χ2n) is 3.89. The Balaban J connectivity index is 3.28. The molecule has 0 aromatic heterocycles. The van der Waals surface area contributed by atoms with Gasteiger partial charge in [0.05, 0.1) is 5.41 Å². The third kappa shape index (κ3) is 2.14. The van der Waals surface area contributed by atoms with E-state index in [1.807, 2.05) is 22.6 Å². The molecule has 88 valence electrons. The van der Waals surface area contributed by atoms with Crippen molar-refractivity contribution in [1.82, 2.24) is 0 Å². The molecule has 1 aliphatic carbocycles. The van der Waals surface area contributed by atoms with Crippen LogP contribution in [0.1, 0.15) is 26.7 Å². The molecule has 1 unspecified atom stereocenters. The smallest absolute Gasteiger partial charge is 0.331 e. The Kier molecular flexibility index (Phi) is 3.77. The number of hydrogen-bond acceptors (Lipinski definition) is 2. The average Bonchev–Trinajstić information content (AvgIpc) is 2.21. The summed E-state index contributed by atoms with van der Waals surface area (Å²) in [6.45, 7) is 3.47. The molecule has 1 atom stereocenters. The maximum absolute atomic E-state index is 11.3. The molecule has 0 radical (unpaired) electrons. The highest BCUT2D eigenvalue weighted by Gasteiger charge is 2.40. The molecule has 1 rings (SSSR count). The molecule has 4 nitrogen and oxygen atoms in total. The highest BCUT2D eigenvalue weighted by Crippen LogP contribution is 2.42. The Morgan fingerprint density at radius 2 is 2.06 bits per heavy atom. The van der Waals surface area contributed by atoms with Gasteiger partial charge in [-0.25, -0.2) is 4.79 Å². The van der Waals surface area contributed by atoms with Crippen molar-refractivity contribution >= 4 is 34.5 Å². The van der Waals surface area contributed by atoms with Crippen molar-refractivity contribution in [2.24, 2.45) is 5.41 Å². The predicted molar refractivity (Wildman–Crippen MR) is 67.4 cm³/mol. The summed E-state index contributed by atoms with van der Waals surface area (Å²) in [5, 5.41) is 18.3. The van der Waals surface area contributed by atoms with Gasteiger partial charge in [-0.1, -0.05) is 13.0 Å². The van der Waals surface area contributed by atoms with Gasteiger partial charge in [-0.2, -0.15) is 0 Å². The maximum Gasteiger partial charge on any atom is 0.331 e. The number of allylic oxidation sites excluding steroid dienone is 2. The van der Waals surface area contributed by atoms with Crippen molar-refractivity contribution in [1.29, 1.82) is 0 Å². The lowest BCUT2D eigenvalue weighted by Gasteiger charge is -2.30. The van der Waals surface area contributed by atoms with Crippen LogP contribution in [0.3, 0.4) is 0 Å². The number of carbonyl (C=O) groups is 2. The minimum atomic E-state index is -1.07. The molecule has 0 heterocycles. The van der Waals surface area contributed by atoms with Gasteiger partial charge in [0.25, 0.3) is 0 Å². The van der Waals surface area contributed by atoms with Crippen LogP contribution in [0, 0.1) is 5.41 Å². The monoisotopic (exact) mass is 336 g/mol. The van der Waals surface area contributed by atoms with Crippen molar-refractivity contribution in [2.45, 2.75) is 26.7 Å². The molecule has 0 aliphatic heterocycles. The number of halogens is 1. The highest BCUT2D eigenvalue weighted by atomic mass is 127. The zero-order chi connectivity index (χ0) is 12.5. The SMILES string of the molecule is CCC1(C(=O)O)C=C(I)C(C)=C(C(=O)O)C1. The molecule has 0 aromatic carbocycles. The van der Waals surface area contributed by atoms with E-state index in [0.29, 0.717) is 15.6 Å². The van der Waals surface area contributed by atoms with E-state index < -0.39 is 17.4 Å². The maximum atomic E-state index is 11.3. The van der Waals surface area contributed by atoms with E-state index in [4.69, 9.17) is 5.11 Å². The third-order valence-corrected chi connectivity index (χ3v) is 4.14. The molecule has 1 aliphatic rings. The molecule has 5 heteroatoms. The molecule has 0 amide bonds. The number of carboxylic acid groups (broad SMARTS) is 2. The number of carboxylic acids is 2. The summed E-state index contributed by atoms with van der Waals surface area (Å²) in [6.07, 6.45) is 2.11. The second kappa shape index (κ2) is 4.57. The first-order valence-electron chi connectivity index (χ1n) is 4.89. The molecule has 0 fully saturated rings. The van der Waals surface area contributed by atoms with Crippen LogP contribution in [0.2, 0.25) is 0 Å². The fourth-order valence-electron chi connectivity index (χ4n) is 1.75. The van der Waals surface area contributed by atoms with Crippen LogP contribution in [0.25, 0.3) is 0 Å². The minimum absolute atomic E-state index is 0.0620. The Bertz CT molecular complexity index is 408. The normalized spacial score (nSPS) is 25.3. The van der Waals surface area contributed by atoms with E-state index in [-0.39, 0.29) is 12.0 Å². The van der Waals surface area contributed by atoms with Crippen molar-refractivity contribution in [2.75, 3.05) is 0 Å². The molecule has 2 N–H and O–H groups in total. The average molecular weight is 336 g/mol. The first kappa shape index (κ1) is 13.2. The Morgan fingerprint density at radius 1 is 1.50 bits per heavy atom. The predicted octanol–water partition coefficient (Wildman–Crippen LogP) is 2.59. The third-order valence-electron chi connectivity index (χ3n) is 3.02. The Morgan fingerprint density at radius 3 is 2.44 bits per heavy atom. The first-order chi connectivity index (χ1) is 7.34. The van der Waals surface area contributed by atoms with Crippen LogP contribution >= 0.6 is 22.6 Å². The largest absolute Gasteiger partial charge is 0.481 e. The first-order valence-corrected chi connectivity index (χ1v) is 5.97. The van der Waals surface area contributed by atoms with Crippen molar-refractivity contribution in [3.63, 3.8) is 0 Å². The van der Waals surface area contributed by atoms with E-state index in [9.17, 15) is 14.7 Å². The molecule has 0 spiro atoms. The fraction of sp³-hybridized carbons (Fsp3) is 0.455. The molecular weight excluding hydrogens is 323 g/mol. The van der Waals surface area contributed by atoms with Crippen LogP contribution in [0.5, 0.6) is 0 Å². The molecular formula is C11H13IO4. The van der Waals surface area contributed by atoms with Gasteiger partial charge in [-0.05, 0) is 47.9 Å². The van der Waals surface area contributed by atoms with Crippen molar-refractivity contribution in [3.8, 4) is 0 Å². The van der Waals surface area contributed by atoms with E-state index in [0.717, 1.165) is 0 Å². The van der Waals surface area contributed by atoms with Gasteiger partial charge in [-0.3, -0.25) is 4.79 Å². The molecule has 16 heavy (non-hydrogen) atoms. The number of aliphatic carboxylic acids is 2. The summed E-state index contributed by atoms with van der Waals surface area (Å²) in [5.74, 6) is -1.99. The summed E-state index contributed by atoms with van der Waals surface area (Å²) in [7, 11) is 0. The molecule has 0 saturated heterocycles. The number of hydrogen-bond donors (Lipinski definition) is 2. The highest BCUT2D eigenvalue weighted by molar-refractivity contribution is 14.1. The van der Waals surface area contributed by atoms with E-state index in [1.54, 1.807) is 19.9 Å². The van der Waals surface area contributed by atoms with E-state index >= 15 is 0 Å². The van der Waals surface area contributed by atoms with Crippen LogP contribution in [-0.2, 0) is 9.59 Å². The summed E-state index contributed by atoms with van der Waals surface area (Å²) in [4.78, 5) is 22.3. The van der Waals surface area contributed by atoms with Gasteiger partial charge >= 0.3 is 11.9 Å². The van der Waals surface area contributed by atoms with E-state index in [2.05, 4.69) is 0 Å². The Labute approximate surface area is 107 Å². The lowest BCUT2D eigenvalue weighted by molar-refractivity contribution is -0.146. The van der Waals surface area contributed by atoms with Crippen LogP contribution in [-0.4, -0.2) is 22.2 Å². The second-order valence-corrected chi connectivity index (χ2v) is 5.05. The minimum Gasteiger partial charge on any atom is -0.481 e. The zero-order valence-electron chi connectivity index (χ0n) is 9.08. The van der Waals surface area contributed by atoms with Crippen LogP contribution in [0.4, 0.5) is 0 Å². The molecule has 0 saturated carbocycles. The lowest BCUT2D eigenvalue weighted by Crippen LogP contribution is -2.32. The van der Waals surface area contributed by atoms with Gasteiger partial charge < -0.3 is 10.2 Å². The topological polar surface area (TPSA) is 74.6 Å². The summed E-state index contributed by atoms with van der Waals surface area (Å²) in [5.41, 5.74) is -0.196. The Hall–Kier alpha value is -0.850. The van der Waals surface area contributed by atoms with Crippen LogP contribution in [0.15, 0.2) is 20.8 Å². The standard InChI is InChI=1S/C11H13IO4/c1-3-11(10(15)16)4-7(9(13)14)6(2)8(12)5-11/h5H,3-4H2,1-2H3,(H,13,14)(H,15,16). The molecule has 0 bridgehead atoms. The summed E-state index contributed by atoms with van der Waals surface area (Å²) in [6, 6.07) is 0. The van der Waals surface area contributed by atoms with Crippen molar-refractivity contribution in [3.05, 3.63) is 20.8 Å². The lowest BCUT2D eigenvalue weighted by atomic mass is 9.74. The van der Waals surface area contributed by atoms with Gasteiger partial charge in [0, 0.05) is 9.15 Å². The fourth-order valence-corrected chi connectivity index (χ4v) is 2.67. The summed E-state index contributed by atoms with van der Waals surface area (Å²) < 4.78 is 0.713. The van der Waals surface area contributed by atoms with Crippen molar-refractivity contribution < 1.29 is 19.8 Å². The van der Waals surface area contributed by atoms with Gasteiger partial charge in [0.1, 0.15) is 0 Å². The summed E-state index contributed by atoms with van der Waals surface area (Å²) >= 11 is 1.99. The zero-order valence-corrected chi connectivity index (χ0v) is 11.2.